The molecular weight excluding hydrogens is 394 g/mol. The van der Waals surface area contributed by atoms with Gasteiger partial charge in [0.05, 0.1) is 16.9 Å². The van der Waals surface area contributed by atoms with Gasteiger partial charge in [0.25, 0.3) is 5.91 Å². The van der Waals surface area contributed by atoms with Gasteiger partial charge in [-0.2, -0.15) is 0 Å². The summed E-state index contributed by atoms with van der Waals surface area (Å²) in [6, 6.07) is 29.5. The lowest BCUT2D eigenvalue weighted by Crippen LogP contribution is -2.14. The summed E-state index contributed by atoms with van der Waals surface area (Å²) in [6.07, 6.45) is 3.52. The van der Waals surface area contributed by atoms with Crippen molar-refractivity contribution in [1.29, 1.82) is 0 Å². The minimum absolute atomic E-state index is 0.172. The second-order valence-electron chi connectivity index (χ2n) is 7.64. The molecule has 0 spiro atoms. The predicted molar refractivity (Wildman–Crippen MR) is 130 cm³/mol. The Morgan fingerprint density at radius 2 is 1.50 bits per heavy atom. The van der Waals surface area contributed by atoms with E-state index in [9.17, 15) is 4.79 Å². The molecule has 5 rings (SSSR count). The highest BCUT2D eigenvalue weighted by molar-refractivity contribution is 6.12. The van der Waals surface area contributed by atoms with Crippen molar-refractivity contribution in [3.63, 3.8) is 0 Å². The van der Waals surface area contributed by atoms with E-state index in [1.54, 1.807) is 12.4 Å². The molecule has 154 valence electrons. The molecule has 0 aliphatic rings. The van der Waals surface area contributed by atoms with E-state index in [2.05, 4.69) is 21.4 Å². The van der Waals surface area contributed by atoms with Crippen molar-refractivity contribution in [2.24, 2.45) is 0 Å². The first-order valence-electron chi connectivity index (χ1n) is 10.5. The molecule has 0 aliphatic heterocycles. The maximum Gasteiger partial charge on any atom is 0.256 e. The normalized spacial score (nSPS) is 10.8. The lowest BCUT2D eigenvalue weighted by Gasteiger charge is -2.15. The number of pyridine rings is 2. The number of aryl methyl sites for hydroxylation is 1. The van der Waals surface area contributed by atoms with Crippen LogP contribution in [0.5, 0.6) is 0 Å². The Morgan fingerprint density at radius 3 is 2.34 bits per heavy atom. The average molecular weight is 415 g/mol. The van der Waals surface area contributed by atoms with Crippen LogP contribution in [-0.4, -0.2) is 15.9 Å². The molecule has 32 heavy (non-hydrogen) atoms. The van der Waals surface area contributed by atoms with Crippen LogP contribution in [0.4, 0.5) is 5.69 Å². The first-order valence-corrected chi connectivity index (χ1v) is 10.5. The molecule has 4 heteroatoms. The zero-order valence-corrected chi connectivity index (χ0v) is 17.6. The molecule has 3 aromatic carbocycles. The third-order valence-corrected chi connectivity index (χ3v) is 5.46. The SMILES string of the molecule is Cc1ccc(C(=O)Nc2cccc3cccnc23)c(-c2ccccc2-c2ccccn2)c1. The van der Waals surface area contributed by atoms with Crippen LogP contribution >= 0.6 is 0 Å². The number of para-hydroxylation sites is 1. The monoisotopic (exact) mass is 415 g/mol. The smallest absolute Gasteiger partial charge is 0.256 e. The molecule has 0 aliphatic carbocycles. The second kappa shape index (κ2) is 8.44. The number of hydrogen-bond donors (Lipinski definition) is 1. The quantitative estimate of drug-likeness (QED) is 0.363. The number of anilines is 1. The first-order chi connectivity index (χ1) is 15.7. The molecule has 0 atom stereocenters. The lowest BCUT2D eigenvalue weighted by atomic mass is 9.92. The second-order valence-corrected chi connectivity index (χ2v) is 7.64. The van der Waals surface area contributed by atoms with Crippen LogP contribution in [0, 0.1) is 6.92 Å². The third kappa shape index (κ3) is 3.74. The summed E-state index contributed by atoms with van der Waals surface area (Å²) in [7, 11) is 0. The Bertz CT molecular complexity index is 1420. The van der Waals surface area contributed by atoms with Crippen LogP contribution in [0.2, 0.25) is 0 Å². The van der Waals surface area contributed by atoms with Crippen LogP contribution in [0.15, 0.2) is 103 Å². The van der Waals surface area contributed by atoms with Crippen molar-refractivity contribution < 1.29 is 4.79 Å². The summed E-state index contributed by atoms with van der Waals surface area (Å²) in [5, 5.41) is 4.05. The van der Waals surface area contributed by atoms with Gasteiger partial charge in [-0.3, -0.25) is 14.8 Å². The highest BCUT2D eigenvalue weighted by atomic mass is 16.1. The number of hydrogen-bond acceptors (Lipinski definition) is 3. The number of benzene rings is 3. The first kappa shape index (κ1) is 19.6. The standard InChI is InChI=1S/C28H21N3O/c1-19-14-15-23(28(32)31-26-13-6-8-20-9-7-17-30-27(20)26)24(18-19)21-10-2-3-11-22(21)25-12-4-5-16-29-25/h2-18H,1H3,(H,31,32). The van der Waals surface area contributed by atoms with Crippen molar-refractivity contribution in [3.8, 4) is 22.4 Å². The number of rotatable bonds is 4. The molecule has 1 N–H and O–H groups in total. The van der Waals surface area contributed by atoms with E-state index in [4.69, 9.17) is 0 Å². The molecule has 2 heterocycles. The number of carbonyl (C=O) groups excluding carboxylic acids is 1. The molecule has 4 nitrogen and oxygen atoms in total. The zero-order valence-electron chi connectivity index (χ0n) is 17.6. The summed E-state index contributed by atoms with van der Waals surface area (Å²) in [6.45, 7) is 2.03. The molecular formula is C28H21N3O. The number of fused-ring (bicyclic) bond motifs is 1. The van der Waals surface area contributed by atoms with Gasteiger partial charge in [0.1, 0.15) is 0 Å². The molecule has 0 saturated heterocycles. The number of carbonyl (C=O) groups is 1. The van der Waals surface area contributed by atoms with Crippen molar-refractivity contribution >= 4 is 22.5 Å². The number of amides is 1. The zero-order chi connectivity index (χ0) is 21.9. The minimum atomic E-state index is -0.172. The van der Waals surface area contributed by atoms with E-state index < -0.39 is 0 Å². The Hall–Kier alpha value is -4.31. The summed E-state index contributed by atoms with van der Waals surface area (Å²) in [5.74, 6) is -0.172. The molecule has 5 aromatic rings. The molecule has 0 saturated carbocycles. The van der Waals surface area contributed by atoms with Crippen LogP contribution in [0.1, 0.15) is 15.9 Å². The third-order valence-electron chi connectivity index (χ3n) is 5.46. The molecule has 1 amide bonds. The fourth-order valence-corrected chi connectivity index (χ4v) is 3.94. The molecule has 0 unspecified atom stereocenters. The Balaban J connectivity index is 1.60. The van der Waals surface area contributed by atoms with Gasteiger partial charge in [-0.25, -0.2) is 0 Å². The van der Waals surface area contributed by atoms with E-state index in [1.807, 2.05) is 91.9 Å². The number of aromatic nitrogens is 2. The van der Waals surface area contributed by atoms with Gasteiger partial charge in [-0.1, -0.05) is 66.2 Å². The number of nitrogens with zero attached hydrogens (tertiary/aromatic N) is 2. The van der Waals surface area contributed by atoms with Gasteiger partial charge in [-0.05, 0) is 48.4 Å². The van der Waals surface area contributed by atoms with E-state index in [0.717, 1.165) is 38.9 Å². The van der Waals surface area contributed by atoms with E-state index in [1.165, 1.54) is 0 Å². The van der Waals surface area contributed by atoms with Crippen molar-refractivity contribution in [2.45, 2.75) is 6.92 Å². The van der Waals surface area contributed by atoms with Crippen LogP contribution < -0.4 is 5.32 Å². The summed E-state index contributed by atoms with van der Waals surface area (Å²) < 4.78 is 0. The lowest BCUT2D eigenvalue weighted by molar-refractivity contribution is 0.102. The average Bonchev–Trinajstić information content (AvgIpc) is 2.85. The van der Waals surface area contributed by atoms with E-state index in [0.29, 0.717) is 11.3 Å². The van der Waals surface area contributed by atoms with Gasteiger partial charge in [-0.15, -0.1) is 0 Å². The largest absolute Gasteiger partial charge is 0.320 e. The van der Waals surface area contributed by atoms with Gasteiger partial charge < -0.3 is 5.32 Å². The Kier molecular flexibility index (Phi) is 5.18. The highest BCUT2D eigenvalue weighted by Gasteiger charge is 2.17. The molecule has 0 fully saturated rings. The predicted octanol–water partition coefficient (Wildman–Crippen LogP) is 6.52. The van der Waals surface area contributed by atoms with Gasteiger partial charge >= 0.3 is 0 Å². The maximum atomic E-state index is 13.5. The van der Waals surface area contributed by atoms with Crippen LogP contribution in [0.25, 0.3) is 33.3 Å². The summed E-state index contributed by atoms with van der Waals surface area (Å²) in [5.41, 5.74) is 6.84. The van der Waals surface area contributed by atoms with E-state index in [-0.39, 0.29) is 5.91 Å². The maximum absolute atomic E-state index is 13.5. The molecule has 0 radical (unpaired) electrons. The Morgan fingerprint density at radius 1 is 0.719 bits per heavy atom. The van der Waals surface area contributed by atoms with Crippen molar-refractivity contribution in [2.75, 3.05) is 5.32 Å². The fourth-order valence-electron chi connectivity index (χ4n) is 3.94. The van der Waals surface area contributed by atoms with Crippen molar-refractivity contribution in [3.05, 3.63) is 115 Å². The highest BCUT2D eigenvalue weighted by Crippen LogP contribution is 2.34. The molecule has 0 bridgehead atoms. The van der Waals surface area contributed by atoms with Crippen molar-refractivity contribution in [1.82, 2.24) is 9.97 Å². The minimum Gasteiger partial charge on any atom is -0.320 e. The number of nitrogens with one attached hydrogen (secondary N) is 1. The summed E-state index contributed by atoms with van der Waals surface area (Å²) in [4.78, 5) is 22.4. The summed E-state index contributed by atoms with van der Waals surface area (Å²) >= 11 is 0. The van der Waals surface area contributed by atoms with Crippen LogP contribution in [-0.2, 0) is 0 Å². The van der Waals surface area contributed by atoms with Crippen LogP contribution in [0.3, 0.4) is 0 Å². The Labute approximate surface area is 186 Å². The topological polar surface area (TPSA) is 54.9 Å². The fraction of sp³-hybridized carbons (Fsp3) is 0.0357. The van der Waals surface area contributed by atoms with Gasteiger partial charge in [0.2, 0.25) is 0 Å². The van der Waals surface area contributed by atoms with Gasteiger partial charge in [0, 0.05) is 28.9 Å². The van der Waals surface area contributed by atoms with Gasteiger partial charge in [0.15, 0.2) is 0 Å². The van der Waals surface area contributed by atoms with E-state index >= 15 is 0 Å². The molecule has 2 aromatic heterocycles.